The van der Waals surface area contributed by atoms with Gasteiger partial charge in [0.2, 0.25) is 0 Å². The molecular formula is C6H6ClNNaO2. The summed E-state index contributed by atoms with van der Waals surface area (Å²) >= 11 is 0. The first-order valence-corrected chi connectivity index (χ1v) is 2.50. The van der Waals surface area contributed by atoms with Crippen molar-refractivity contribution in [3.63, 3.8) is 0 Å². The molecule has 0 spiro atoms. The molecule has 1 N–H and O–H groups in total. The Morgan fingerprint density at radius 3 is 1.91 bits per heavy atom. The summed E-state index contributed by atoms with van der Waals surface area (Å²) in [5.74, 6) is 0. The van der Waals surface area contributed by atoms with E-state index in [-0.39, 0.29) is 42.0 Å². The minimum absolute atomic E-state index is 0. The molecule has 3 nitrogen and oxygen atoms in total. The standard InChI is InChI=1S/C6H5NO2.ClH.Na/c8-6(9)7-4-2-1-3-5-7;;/h1-5H;1H;. The number of hydrogen-bond donors (Lipinski definition) is 1. The van der Waals surface area contributed by atoms with Gasteiger partial charge >= 0.3 is 6.09 Å². The van der Waals surface area contributed by atoms with Gasteiger partial charge in [0.1, 0.15) is 0 Å². The Hall–Kier alpha value is -0.0900. The maximum atomic E-state index is 10.2. The van der Waals surface area contributed by atoms with E-state index in [0.717, 1.165) is 4.57 Å². The first-order chi connectivity index (χ1) is 4.30. The molecule has 0 aliphatic rings. The second kappa shape index (κ2) is 6.61. The monoisotopic (exact) mass is 182 g/mol. The molecule has 5 heteroatoms. The zero-order valence-corrected chi connectivity index (χ0v) is 8.82. The van der Waals surface area contributed by atoms with Gasteiger partial charge in [0.25, 0.3) is 0 Å². The maximum absolute atomic E-state index is 10.2. The molecule has 1 rings (SSSR count). The normalized spacial score (nSPS) is 7.27. The second-order valence-corrected chi connectivity index (χ2v) is 1.57. The molecule has 0 aliphatic heterocycles. The summed E-state index contributed by atoms with van der Waals surface area (Å²) in [6.07, 6.45) is 1.99. The first-order valence-electron chi connectivity index (χ1n) is 2.50. The van der Waals surface area contributed by atoms with Gasteiger partial charge in [-0.05, 0) is 0 Å². The molecular weight excluding hydrogens is 177 g/mol. The number of aromatic nitrogens is 1. The molecule has 0 aromatic carbocycles. The van der Waals surface area contributed by atoms with Crippen molar-refractivity contribution in [2.45, 2.75) is 0 Å². The molecule has 1 radical (unpaired) electrons. The third-order valence-electron chi connectivity index (χ3n) is 0.936. The van der Waals surface area contributed by atoms with Crippen molar-refractivity contribution in [3.8, 4) is 0 Å². The van der Waals surface area contributed by atoms with Crippen LogP contribution in [0.4, 0.5) is 4.79 Å². The number of nitrogens with zero attached hydrogens (tertiary/aromatic N) is 1. The van der Waals surface area contributed by atoms with E-state index in [1.807, 2.05) is 0 Å². The number of carboxylic acid groups (broad SMARTS) is 1. The predicted octanol–water partition coefficient (Wildman–Crippen LogP) is -2.88. The molecule has 0 amide bonds. The molecule has 0 unspecified atom stereocenters. The Morgan fingerprint density at radius 1 is 1.18 bits per heavy atom. The van der Waals surface area contributed by atoms with Crippen molar-refractivity contribution in [1.29, 1.82) is 0 Å². The Kier molecular flexibility index (Phi) is 8.11. The summed E-state index contributed by atoms with van der Waals surface area (Å²) in [5, 5.41) is 8.35. The Labute approximate surface area is 92.7 Å². The van der Waals surface area contributed by atoms with Crippen molar-refractivity contribution in [3.05, 3.63) is 30.6 Å². The van der Waals surface area contributed by atoms with E-state index >= 15 is 0 Å². The summed E-state index contributed by atoms with van der Waals surface area (Å²) < 4.78 is 1.08. The number of pyridine rings is 1. The van der Waals surface area contributed by atoms with Crippen molar-refractivity contribution >= 4 is 35.7 Å². The van der Waals surface area contributed by atoms with Gasteiger partial charge in [-0.3, -0.25) is 0 Å². The molecule has 1 aromatic rings. The minimum atomic E-state index is -0.962. The quantitative estimate of drug-likeness (QED) is 0.346. The molecule has 11 heavy (non-hydrogen) atoms. The largest absolute Gasteiger partial charge is 1.00 e. The average Bonchev–Trinajstić information content (AvgIpc) is 1.90. The molecule has 1 aromatic heterocycles. The van der Waals surface area contributed by atoms with Gasteiger partial charge in [0.05, 0.1) is 0 Å². The summed E-state index contributed by atoms with van der Waals surface area (Å²) in [6, 6.07) is 5.08. The van der Waals surface area contributed by atoms with Crippen molar-refractivity contribution < 1.29 is 26.9 Å². The van der Waals surface area contributed by atoms with Crippen LogP contribution in [-0.2, 0) is 0 Å². The van der Waals surface area contributed by atoms with Crippen molar-refractivity contribution in [2.75, 3.05) is 0 Å². The van der Waals surface area contributed by atoms with E-state index in [4.69, 9.17) is 5.11 Å². The summed E-state index contributed by atoms with van der Waals surface area (Å²) in [7, 11) is 0. The van der Waals surface area contributed by atoms with E-state index in [1.165, 1.54) is 12.4 Å². The zero-order valence-electron chi connectivity index (χ0n) is 6.07. The number of hydrogen-bond acceptors (Lipinski definition) is 1. The maximum Gasteiger partial charge on any atom is 0.599 e. The average molecular weight is 183 g/mol. The van der Waals surface area contributed by atoms with E-state index < -0.39 is 6.09 Å². The second-order valence-electron chi connectivity index (χ2n) is 1.57. The zero-order chi connectivity index (χ0) is 6.69. The predicted molar refractivity (Wildman–Crippen MR) is 35.8 cm³/mol. The SMILES string of the molecule is O=C(O)[n+]1ccccc1.[Cl-].[Na]. The van der Waals surface area contributed by atoms with Crippen LogP contribution >= 0.6 is 0 Å². The van der Waals surface area contributed by atoms with Gasteiger partial charge in [0.15, 0.2) is 12.4 Å². The van der Waals surface area contributed by atoms with Crippen LogP contribution in [0, 0.1) is 0 Å². The molecule has 0 aliphatic carbocycles. The Balaban J connectivity index is 0. The summed E-state index contributed by atoms with van der Waals surface area (Å²) in [4.78, 5) is 10.2. The third-order valence-corrected chi connectivity index (χ3v) is 0.936. The van der Waals surface area contributed by atoms with Gasteiger partial charge in [-0.15, -0.1) is 0 Å². The van der Waals surface area contributed by atoms with Crippen LogP contribution in [-0.4, -0.2) is 40.8 Å². The molecule has 0 saturated carbocycles. The third kappa shape index (κ3) is 4.37. The molecule has 0 atom stereocenters. The van der Waals surface area contributed by atoms with Crippen LogP contribution in [0.25, 0.3) is 0 Å². The fraction of sp³-hybridized carbons (Fsp3) is 0. The minimum Gasteiger partial charge on any atom is -1.00 e. The van der Waals surface area contributed by atoms with E-state index in [1.54, 1.807) is 18.2 Å². The number of rotatable bonds is 0. The molecule has 0 saturated heterocycles. The fourth-order valence-corrected chi connectivity index (χ4v) is 0.526. The van der Waals surface area contributed by atoms with Gasteiger partial charge in [-0.25, -0.2) is 0 Å². The van der Waals surface area contributed by atoms with Crippen LogP contribution in [0.1, 0.15) is 0 Å². The van der Waals surface area contributed by atoms with Crippen LogP contribution in [0.15, 0.2) is 30.6 Å². The first kappa shape index (κ1) is 13.5. The Bertz CT molecular complexity index is 217. The van der Waals surface area contributed by atoms with Gasteiger partial charge in [0, 0.05) is 41.7 Å². The molecule has 0 bridgehead atoms. The van der Waals surface area contributed by atoms with E-state index in [0.29, 0.717) is 0 Å². The number of carbonyl (C=O) groups is 1. The van der Waals surface area contributed by atoms with Crippen LogP contribution in [0.2, 0.25) is 0 Å². The van der Waals surface area contributed by atoms with Gasteiger partial charge in [-0.1, -0.05) is 10.6 Å². The number of halogens is 1. The van der Waals surface area contributed by atoms with E-state index in [9.17, 15) is 4.79 Å². The smallest absolute Gasteiger partial charge is 0.599 e. The summed E-state index contributed by atoms with van der Waals surface area (Å²) in [5.41, 5.74) is 0. The summed E-state index contributed by atoms with van der Waals surface area (Å²) in [6.45, 7) is 0. The molecule has 0 fully saturated rings. The molecule has 55 valence electrons. The van der Waals surface area contributed by atoms with Crippen LogP contribution < -0.4 is 17.0 Å². The van der Waals surface area contributed by atoms with Crippen molar-refractivity contribution in [2.24, 2.45) is 0 Å². The van der Waals surface area contributed by atoms with Crippen LogP contribution in [0.3, 0.4) is 0 Å². The molecule has 1 heterocycles. The van der Waals surface area contributed by atoms with E-state index in [2.05, 4.69) is 0 Å². The van der Waals surface area contributed by atoms with Gasteiger partial charge < -0.3 is 17.5 Å². The van der Waals surface area contributed by atoms with Gasteiger partial charge in [-0.2, -0.15) is 4.79 Å². The fourth-order valence-electron chi connectivity index (χ4n) is 0.526. The van der Waals surface area contributed by atoms with Crippen molar-refractivity contribution in [1.82, 2.24) is 0 Å². The topological polar surface area (TPSA) is 41.2 Å². The van der Waals surface area contributed by atoms with Crippen LogP contribution in [0.5, 0.6) is 0 Å². The Morgan fingerprint density at radius 2 is 1.64 bits per heavy atom.